The Morgan fingerprint density at radius 1 is 1.07 bits per heavy atom. The number of hydrogen-bond acceptors (Lipinski definition) is 2. The molecule has 0 N–H and O–H groups in total. The third-order valence-electron chi connectivity index (χ3n) is 4.97. The molecule has 0 radical (unpaired) electrons. The number of rotatable bonds is 5. The first kappa shape index (κ1) is 17.6. The second-order valence-electron chi connectivity index (χ2n) is 6.54. The molecule has 0 saturated heterocycles. The van der Waals surface area contributed by atoms with Crippen LogP contribution in [0.25, 0.3) is 10.1 Å². The molecule has 0 fully saturated rings. The smallest absolute Gasteiger partial charge is 0.0647 e. The fourth-order valence-electron chi connectivity index (χ4n) is 3.71. The fraction of sp³-hybridized carbons (Fsp3) is 0.120. The first-order valence-electron chi connectivity index (χ1n) is 9.33. The van der Waals surface area contributed by atoms with Gasteiger partial charge in [-0.05, 0) is 49.1 Å². The van der Waals surface area contributed by atoms with Gasteiger partial charge in [0.2, 0.25) is 0 Å². The lowest BCUT2D eigenvalue weighted by atomic mass is 9.93. The van der Waals surface area contributed by atoms with Gasteiger partial charge in [0.05, 0.1) is 5.69 Å². The summed E-state index contributed by atoms with van der Waals surface area (Å²) in [6.45, 7) is 6.17. The average molecular weight is 370 g/mol. The van der Waals surface area contributed by atoms with E-state index in [2.05, 4.69) is 96.6 Å². The van der Waals surface area contributed by atoms with Crippen LogP contribution >= 0.6 is 11.3 Å². The molecule has 134 valence electrons. The second kappa shape index (κ2) is 7.81. The molecule has 4 rings (SSSR count). The van der Waals surface area contributed by atoms with Crippen LogP contribution in [0, 0.1) is 0 Å². The van der Waals surface area contributed by atoms with E-state index in [0.29, 0.717) is 0 Å². The SMILES string of the molecule is C=CC1=C(/C(=C\C)N(c2ccccc2)c2csc3ccccc23)CCC=C1. The molecule has 1 aromatic heterocycles. The standard InChI is InChI=1S/C25H23NS/c1-3-19-12-8-9-15-21(19)23(4-2)26(20-13-6-5-7-14-20)24-18-27-25-17-11-10-16-22(24)25/h3-8,10-14,16-18H,1,9,15H2,2H3/b23-4+. The summed E-state index contributed by atoms with van der Waals surface area (Å²) in [6.07, 6.45) is 10.7. The van der Waals surface area contributed by atoms with Crippen LogP contribution in [0.2, 0.25) is 0 Å². The van der Waals surface area contributed by atoms with Crippen molar-refractivity contribution in [1.82, 2.24) is 0 Å². The molecule has 1 aliphatic rings. The molecule has 2 aromatic carbocycles. The summed E-state index contributed by atoms with van der Waals surface area (Å²) >= 11 is 1.80. The van der Waals surface area contributed by atoms with Crippen LogP contribution in [0.5, 0.6) is 0 Å². The highest BCUT2D eigenvalue weighted by molar-refractivity contribution is 7.17. The van der Waals surface area contributed by atoms with Gasteiger partial charge in [-0.2, -0.15) is 0 Å². The third-order valence-corrected chi connectivity index (χ3v) is 5.92. The molecule has 0 atom stereocenters. The maximum absolute atomic E-state index is 4.04. The maximum atomic E-state index is 4.04. The molecule has 1 heterocycles. The van der Waals surface area contributed by atoms with Crippen molar-refractivity contribution in [3.63, 3.8) is 0 Å². The van der Waals surface area contributed by atoms with Gasteiger partial charge in [-0.3, -0.25) is 0 Å². The lowest BCUT2D eigenvalue weighted by Gasteiger charge is -2.30. The molecule has 0 bridgehead atoms. The molecule has 1 aliphatic carbocycles. The van der Waals surface area contributed by atoms with E-state index in [1.54, 1.807) is 11.3 Å². The quantitative estimate of drug-likeness (QED) is 0.444. The van der Waals surface area contributed by atoms with Gasteiger partial charge in [0.15, 0.2) is 0 Å². The number of para-hydroxylation sites is 1. The van der Waals surface area contributed by atoms with E-state index in [9.17, 15) is 0 Å². The Balaban J connectivity index is 1.95. The van der Waals surface area contributed by atoms with E-state index >= 15 is 0 Å². The van der Waals surface area contributed by atoms with Crippen LogP contribution in [0.1, 0.15) is 19.8 Å². The zero-order chi connectivity index (χ0) is 18.6. The van der Waals surface area contributed by atoms with Crippen LogP contribution in [0.15, 0.2) is 108 Å². The summed E-state index contributed by atoms with van der Waals surface area (Å²) in [5.74, 6) is 0. The molecule has 27 heavy (non-hydrogen) atoms. The Kier molecular flexibility index (Phi) is 5.08. The zero-order valence-corrected chi connectivity index (χ0v) is 16.4. The van der Waals surface area contributed by atoms with E-state index in [1.165, 1.54) is 38.3 Å². The van der Waals surface area contributed by atoms with E-state index < -0.39 is 0 Å². The minimum Gasteiger partial charge on any atom is -0.309 e. The van der Waals surface area contributed by atoms with Crippen LogP contribution in [0.3, 0.4) is 0 Å². The molecule has 0 spiro atoms. The Morgan fingerprint density at radius 2 is 1.85 bits per heavy atom. The highest BCUT2D eigenvalue weighted by atomic mass is 32.1. The topological polar surface area (TPSA) is 3.24 Å². The van der Waals surface area contributed by atoms with Gasteiger partial charge >= 0.3 is 0 Å². The number of thiophene rings is 1. The highest BCUT2D eigenvalue weighted by Crippen LogP contribution is 2.42. The summed E-state index contributed by atoms with van der Waals surface area (Å²) < 4.78 is 1.31. The number of fused-ring (bicyclic) bond motifs is 1. The zero-order valence-electron chi connectivity index (χ0n) is 15.6. The van der Waals surface area contributed by atoms with Crippen molar-refractivity contribution in [2.24, 2.45) is 0 Å². The number of anilines is 2. The van der Waals surface area contributed by atoms with Crippen molar-refractivity contribution in [3.05, 3.63) is 108 Å². The minimum absolute atomic E-state index is 1.03. The molecule has 0 saturated carbocycles. The van der Waals surface area contributed by atoms with Crippen LogP contribution in [-0.2, 0) is 0 Å². The van der Waals surface area contributed by atoms with Crippen molar-refractivity contribution in [3.8, 4) is 0 Å². The largest absolute Gasteiger partial charge is 0.309 e. The fourth-order valence-corrected chi connectivity index (χ4v) is 4.64. The van der Waals surface area contributed by atoms with Gasteiger partial charge in [0.1, 0.15) is 0 Å². The van der Waals surface area contributed by atoms with Gasteiger partial charge in [-0.15, -0.1) is 11.3 Å². The molecule has 0 aliphatic heterocycles. The Morgan fingerprint density at radius 3 is 2.63 bits per heavy atom. The lowest BCUT2D eigenvalue weighted by molar-refractivity contribution is 0.938. The van der Waals surface area contributed by atoms with Gasteiger partial charge in [-0.1, -0.05) is 67.3 Å². The molecule has 2 heteroatoms. The highest BCUT2D eigenvalue weighted by Gasteiger charge is 2.22. The van der Waals surface area contributed by atoms with Gasteiger partial charge in [0, 0.05) is 26.9 Å². The van der Waals surface area contributed by atoms with Crippen LogP contribution < -0.4 is 4.90 Å². The summed E-state index contributed by atoms with van der Waals surface area (Å²) in [4.78, 5) is 2.40. The number of benzene rings is 2. The van der Waals surface area contributed by atoms with Crippen molar-refractivity contribution in [2.45, 2.75) is 19.8 Å². The molecule has 1 nitrogen and oxygen atoms in total. The average Bonchev–Trinajstić information content (AvgIpc) is 3.16. The second-order valence-corrected chi connectivity index (χ2v) is 7.45. The molecule has 0 amide bonds. The van der Waals surface area contributed by atoms with Crippen LogP contribution in [0.4, 0.5) is 11.4 Å². The van der Waals surface area contributed by atoms with Crippen molar-refractivity contribution < 1.29 is 0 Å². The maximum Gasteiger partial charge on any atom is 0.0647 e. The van der Waals surface area contributed by atoms with E-state index in [1.807, 2.05) is 6.08 Å². The molecule has 0 unspecified atom stereocenters. The number of allylic oxidation sites excluding steroid dienone is 6. The third kappa shape index (κ3) is 3.29. The summed E-state index contributed by atoms with van der Waals surface area (Å²) in [7, 11) is 0. The molecular weight excluding hydrogens is 346 g/mol. The monoisotopic (exact) mass is 369 g/mol. The van der Waals surface area contributed by atoms with Gasteiger partial charge in [0.25, 0.3) is 0 Å². The Hall–Kier alpha value is -2.84. The minimum atomic E-state index is 1.03. The van der Waals surface area contributed by atoms with E-state index in [0.717, 1.165) is 12.8 Å². The first-order chi connectivity index (χ1) is 13.3. The van der Waals surface area contributed by atoms with Crippen molar-refractivity contribution in [2.75, 3.05) is 4.90 Å². The van der Waals surface area contributed by atoms with E-state index in [-0.39, 0.29) is 0 Å². The van der Waals surface area contributed by atoms with Gasteiger partial charge in [-0.25, -0.2) is 0 Å². The first-order valence-corrected chi connectivity index (χ1v) is 10.2. The number of nitrogens with zero attached hydrogens (tertiary/aromatic N) is 1. The summed E-state index contributed by atoms with van der Waals surface area (Å²) in [6, 6.07) is 19.3. The van der Waals surface area contributed by atoms with Crippen LogP contribution in [-0.4, -0.2) is 0 Å². The van der Waals surface area contributed by atoms with E-state index in [4.69, 9.17) is 0 Å². The van der Waals surface area contributed by atoms with Gasteiger partial charge < -0.3 is 4.90 Å². The summed E-state index contributed by atoms with van der Waals surface area (Å²) in [5.41, 5.74) is 6.23. The Labute approximate surface area is 165 Å². The normalized spacial score (nSPS) is 14.6. The molecular formula is C25H23NS. The predicted octanol–water partition coefficient (Wildman–Crippen LogP) is 7.78. The Bertz CT molecular complexity index is 1050. The number of hydrogen-bond donors (Lipinski definition) is 0. The lowest BCUT2D eigenvalue weighted by Crippen LogP contribution is -2.19. The van der Waals surface area contributed by atoms with Crippen molar-refractivity contribution in [1.29, 1.82) is 0 Å². The predicted molar refractivity (Wildman–Crippen MR) is 120 cm³/mol. The summed E-state index contributed by atoms with van der Waals surface area (Å²) in [5, 5.41) is 3.56. The van der Waals surface area contributed by atoms with Crippen molar-refractivity contribution >= 4 is 32.8 Å². The molecule has 3 aromatic rings.